The smallest absolute Gasteiger partial charge is 0.222 e. The molecule has 1 fully saturated rings. The Morgan fingerprint density at radius 3 is 1.89 bits per heavy atom. The summed E-state index contributed by atoms with van der Waals surface area (Å²) in [5, 5.41) is 0. The van der Waals surface area contributed by atoms with E-state index in [1.807, 2.05) is 60.7 Å². The van der Waals surface area contributed by atoms with Gasteiger partial charge >= 0.3 is 0 Å². The van der Waals surface area contributed by atoms with Crippen molar-refractivity contribution in [2.45, 2.75) is 11.9 Å². The molecule has 1 aliphatic rings. The Morgan fingerprint density at radius 1 is 0.947 bits per heavy atom. The molecule has 2 aromatic rings. The highest BCUT2D eigenvalue weighted by Gasteiger charge is 2.44. The first kappa shape index (κ1) is 12.4. The minimum atomic E-state index is -0.827. The summed E-state index contributed by atoms with van der Waals surface area (Å²) < 4.78 is 12.1. The lowest BCUT2D eigenvalue weighted by Crippen LogP contribution is -2.31. The van der Waals surface area contributed by atoms with Crippen molar-refractivity contribution in [3.05, 3.63) is 71.8 Å². The third-order valence-electron chi connectivity index (χ3n) is 3.38. The van der Waals surface area contributed by atoms with Crippen LogP contribution in [-0.2, 0) is 15.3 Å². The number of hydrogen-bond acceptors (Lipinski definition) is 3. The van der Waals surface area contributed by atoms with Crippen LogP contribution in [0.4, 0.5) is 0 Å². The van der Waals surface area contributed by atoms with Gasteiger partial charge in [-0.1, -0.05) is 60.7 Å². The zero-order chi connectivity index (χ0) is 13.1. The maximum absolute atomic E-state index is 6.12. The minimum Gasteiger partial charge on any atom is -0.339 e. The quantitative estimate of drug-likeness (QED) is 0.915. The fourth-order valence-corrected chi connectivity index (χ4v) is 2.41. The third kappa shape index (κ3) is 2.16. The Hall–Kier alpha value is -1.68. The molecule has 3 heteroatoms. The number of rotatable bonds is 3. The second-order valence-corrected chi connectivity index (χ2v) is 4.64. The van der Waals surface area contributed by atoms with Crippen molar-refractivity contribution in [3.63, 3.8) is 0 Å². The summed E-state index contributed by atoms with van der Waals surface area (Å²) in [6.45, 7) is 0.974. The zero-order valence-electron chi connectivity index (χ0n) is 10.7. The highest BCUT2D eigenvalue weighted by Crippen LogP contribution is 2.40. The topological polar surface area (TPSA) is 44.5 Å². The Labute approximate surface area is 113 Å². The van der Waals surface area contributed by atoms with Crippen molar-refractivity contribution in [2.24, 2.45) is 5.73 Å². The standard InChI is InChI=1S/C16H17NO2/c17-11-15-12-18-16(19-15,13-7-3-1-4-8-13)14-9-5-2-6-10-14/h1-10,15H,11-12,17H2/t15-/m1/s1. The van der Waals surface area contributed by atoms with Crippen LogP contribution >= 0.6 is 0 Å². The second kappa shape index (κ2) is 5.13. The van der Waals surface area contributed by atoms with Crippen molar-refractivity contribution < 1.29 is 9.47 Å². The van der Waals surface area contributed by atoms with E-state index in [9.17, 15) is 0 Å². The molecule has 0 aromatic heterocycles. The largest absolute Gasteiger partial charge is 0.339 e. The van der Waals surface area contributed by atoms with Crippen LogP contribution in [-0.4, -0.2) is 19.3 Å². The zero-order valence-corrected chi connectivity index (χ0v) is 10.7. The molecule has 0 radical (unpaired) electrons. The molecule has 3 nitrogen and oxygen atoms in total. The van der Waals surface area contributed by atoms with Crippen LogP contribution in [0, 0.1) is 0 Å². The monoisotopic (exact) mass is 255 g/mol. The van der Waals surface area contributed by atoms with Gasteiger partial charge in [0.25, 0.3) is 0 Å². The molecule has 98 valence electrons. The van der Waals surface area contributed by atoms with Crippen LogP contribution in [0.25, 0.3) is 0 Å². The SMILES string of the molecule is NC[C@@H]1COC(c2ccccc2)(c2ccccc2)O1. The molecule has 1 saturated heterocycles. The molecule has 0 spiro atoms. The number of benzene rings is 2. The highest BCUT2D eigenvalue weighted by atomic mass is 16.7. The summed E-state index contributed by atoms with van der Waals surface area (Å²) in [5.74, 6) is -0.827. The van der Waals surface area contributed by atoms with Gasteiger partial charge in [-0.15, -0.1) is 0 Å². The molecule has 0 amide bonds. The summed E-state index contributed by atoms with van der Waals surface area (Å²) in [4.78, 5) is 0. The normalized spacial score (nSPS) is 21.4. The molecule has 3 rings (SSSR count). The van der Waals surface area contributed by atoms with Crippen molar-refractivity contribution in [2.75, 3.05) is 13.2 Å². The predicted molar refractivity (Wildman–Crippen MR) is 73.5 cm³/mol. The fourth-order valence-electron chi connectivity index (χ4n) is 2.41. The first-order valence-electron chi connectivity index (χ1n) is 6.48. The summed E-state index contributed by atoms with van der Waals surface area (Å²) >= 11 is 0. The Balaban J connectivity index is 2.07. The van der Waals surface area contributed by atoms with E-state index >= 15 is 0 Å². The third-order valence-corrected chi connectivity index (χ3v) is 3.38. The molecule has 0 unspecified atom stereocenters. The lowest BCUT2D eigenvalue weighted by Gasteiger charge is -2.29. The van der Waals surface area contributed by atoms with Crippen molar-refractivity contribution in [3.8, 4) is 0 Å². The lowest BCUT2D eigenvalue weighted by molar-refractivity contribution is -0.141. The van der Waals surface area contributed by atoms with Gasteiger partial charge in [0.2, 0.25) is 5.79 Å². The maximum Gasteiger partial charge on any atom is 0.222 e. The minimum absolute atomic E-state index is 0.0691. The fraction of sp³-hybridized carbons (Fsp3) is 0.250. The summed E-state index contributed by atoms with van der Waals surface area (Å²) in [5.41, 5.74) is 7.70. The van der Waals surface area contributed by atoms with E-state index in [-0.39, 0.29) is 6.10 Å². The average Bonchev–Trinajstić information content (AvgIpc) is 2.95. The van der Waals surface area contributed by atoms with Crippen LogP contribution in [0.15, 0.2) is 60.7 Å². The number of ether oxygens (including phenoxy) is 2. The summed E-state index contributed by atoms with van der Waals surface area (Å²) in [7, 11) is 0. The molecule has 0 bridgehead atoms. The second-order valence-electron chi connectivity index (χ2n) is 4.64. The Kier molecular flexibility index (Phi) is 3.34. The first-order valence-corrected chi connectivity index (χ1v) is 6.48. The van der Waals surface area contributed by atoms with Gasteiger partial charge < -0.3 is 15.2 Å². The van der Waals surface area contributed by atoms with E-state index in [1.165, 1.54) is 0 Å². The van der Waals surface area contributed by atoms with E-state index in [0.717, 1.165) is 11.1 Å². The number of hydrogen-bond donors (Lipinski definition) is 1. The van der Waals surface area contributed by atoms with Gasteiger partial charge in [-0.2, -0.15) is 0 Å². The van der Waals surface area contributed by atoms with Gasteiger partial charge in [0.05, 0.1) is 12.7 Å². The van der Waals surface area contributed by atoms with Crippen LogP contribution in [0.2, 0.25) is 0 Å². The van der Waals surface area contributed by atoms with Gasteiger partial charge in [-0.05, 0) is 0 Å². The van der Waals surface area contributed by atoms with Gasteiger partial charge in [-0.25, -0.2) is 0 Å². The van der Waals surface area contributed by atoms with E-state index in [2.05, 4.69) is 0 Å². The predicted octanol–water partition coefficient (Wildman–Crippen LogP) is 2.26. The first-order chi connectivity index (χ1) is 9.35. The number of nitrogens with two attached hydrogens (primary N) is 1. The van der Waals surface area contributed by atoms with Gasteiger partial charge in [-0.3, -0.25) is 0 Å². The molecule has 2 N–H and O–H groups in total. The molecule has 0 saturated carbocycles. The molecule has 19 heavy (non-hydrogen) atoms. The molecule has 2 aromatic carbocycles. The molecular weight excluding hydrogens is 238 g/mol. The van der Waals surface area contributed by atoms with Crippen LogP contribution in [0.3, 0.4) is 0 Å². The van der Waals surface area contributed by atoms with E-state index in [0.29, 0.717) is 13.2 Å². The van der Waals surface area contributed by atoms with Gasteiger partial charge in [0.1, 0.15) is 0 Å². The van der Waals surface area contributed by atoms with E-state index in [1.54, 1.807) is 0 Å². The van der Waals surface area contributed by atoms with Crippen LogP contribution in [0.1, 0.15) is 11.1 Å². The van der Waals surface area contributed by atoms with Gasteiger partial charge in [0, 0.05) is 17.7 Å². The van der Waals surface area contributed by atoms with Crippen molar-refractivity contribution in [1.82, 2.24) is 0 Å². The summed E-state index contributed by atoms with van der Waals surface area (Å²) in [6.07, 6.45) is -0.0691. The van der Waals surface area contributed by atoms with E-state index < -0.39 is 5.79 Å². The molecule has 1 aliphatic heterocycles. The molecule has 0 aliphatic carbocycles. The van der Waals surface area contributed by atoms with Crippen molar-refractivity contribution in [1.29, 1.82) is 0 Å². The van der Waals surface area contributed by atoms with Crippen LogP contribution < -0.4 is 5.73 Å². The Bertz CT molecular complexity index is 487. The Morgan fingerprint density at radius 2 is 1.47 bits per heavy atom. The summed E-state index contributed by atoms with van der Waals surface area (Å²) in [6, 6.07) is 20.0. The van der Waals surface area contributed by atoms with Gasteiger partial charge in [0.15, 0.2) is 0 Å². The lowest BCUT2D eigenvalue weighted by atomic mass is 9.97. The maximum atomic E-state index is 6.12. The molecule has 1 atom stereocenters. The highest BCUT2D eigenvalue weighted by molar-refractivity contribution is 5.34. The van der Waals surface area contributed by atoms with Crippen LogP contribution in [0.5, 0.6) is 0 Å². The molecule has 1 heterocycles. The molecular formula is C16H17NO2. The van der Waals surface area contributed by atoms with Crippen molar-refractivity contribution >= 4 is 0 Å². The average molecular weight is 255 g/mol. The van der Waals surface area contributed by atoms with E-state index in [4.69, 9.17) is 15.2 Å².